The van der Waals surface area contributed by atoms with Gasteiger partial charge in [-0.2, -0.15) is 0 Å². The number of nitrogens with one attached hydrogen (secondary N) is 1. The number of piperidine rings is 1. The predicted molar refractivity (Wildman–Crippen MR) is 145 cm³/mol. The van der Waals surface area contributed by atoms with E-state index in [1.54, 1.807) is 7.05 Å². The molecule has 6 nitrogen and oxygen atoms in total. The maximum Gasteiger partial charge on any atom is 0.195 e. The molecule has 3 aromatic rings. The molecule has 0 amide bonds. The van der Waals surface area contributed by atoms with Gasteiger partial charge in [-0.1, -0.05) is 26.0 Å². The van der Waals surface area contributed by atoms with Crippen LogP contribution in [0, 0.1) is 5.92 Å². The summed E-state index contributed by atoms with van der Waals surface area (Å²) >= 11 is 0. The summed E-state index contributed by atoms with van der Waals surface area (Å²) in [4.78, 5) is 24.0. The van der Waals surface area contributed by atoms with Crippen molar-refractivity contribution in [2.45, 2.75) is 45.6 Å². The van der Waals surface area contributed by atoms with E-state index >= 15 is 0 Å². The molecule has 2 aliphatic rings. The van der Waals surface area contributed by atoms with Crippen molar-refractivity contribution in [3.8, 4) is 5.75 Å². The lowest BCUT2D eigenvalue weighted by Gasteiger charge is -2.41. The molecule has 2 fully saturated rings. The van der Waals surface area contributed by atoms with Crippen LogP contribution in [0.25, 0.3) is 10.9 Å². The number of ketones is 1. The Kier molecular flexibility index (Phi) is 7.54. The van der Waals surface area contributed by atoms with E-state index in [2.05, 4.69) is 40.9 Å². The zero-order chi connectivity index (χ0) is 25.1. The maximum absolute atomic E-state index is 13.8. The van der Waals surface area contributed by atoms with Gasteiger partial charge in [-0.25, -0.2) is 0 Å². The van der Waals surface area contributed by atoms with Crippen molar-refractivity contribution in [3.05, 3.63) is 64.3 Å². The van der Waals surface area contributed by atoms with Crippen molar-refractivity contribution < 1.29 is 14.3 Å². The molecule has 0 unspecified atom stereocenters. The maximum atomic E-state index is 13.8. The zero-order valence-electron chi connectivity index (χ0n) is 21.7. The number of carbonyl (C=O) groups is 1. The van der Waals surface area contributed by atoms with Gasteiger partial charge in [-0.05, 0) is 80.1 Å². The van der Waals surface area contributed by atoms with E-state index in [1.165, 1.54) is 12.8 Å². The van der Waals surface area contributed by atoms with Crippen LogP contribution in [0.5, 0.6) is 5.75 Å². The highest BCUT2D eigenvalue weighted by atomic mass is 16.5. The number of hydrogen-bond donors (Lipinski definition) is 1. The van der Waals surface area contributed by atoms with Gasteiger partial charge in [-0.3, -0.25) is 14.7 Å². The highest BCUT2D eigenvalue weighted by Crippen LogP contribution is 2.30. The molecule has 1 aromatic heterocycles. The number of nitrogens with zero attached hydrogens (tertiary/aromatic N) is 2. The number of fused-ring (bicyclic) bond motifs is 1. The number of aryl methyl sites for hydroxylation is 2. The average Bonchev–Trinajstić information content (AvgIpc) is 3.25. The van der Waals surface area contributed by atoms with Crippen molar-refractivity contribution in [2.75, 3.05) is 40.0 Å². The monoisotopic (exact) mass is 487 g/mol. The Labute approximate surface area is 213 Å². The summed E-state index contributed by atoms with van der Waals surface area (Å²) in [5.41, 5.74) is 5.54. The van der Waals surface area contributed by atoms with Gasteiger partial charge in [-0.15, -0.1) is 0 Å². The van der Waals surface area contributed by atoms with Gasteiger partial charge in [0, 0.05) is 35.4 Å². The SMILES string of the molecule is CCc1cc(OCC2CCN(C3COC3)CC2)ccc1C(=O)c1c(CC)[nH]c2cc(/C=N\C)ccc12. The molecule has 0 bridgehead atoms. The summed E-state index contributed by atoms with van der Waals surface area (Å²) in [6.07, 6.45) is 5.71. The highest BCUT2D eigenvalue weighted by Gasteiger charge is 2.30. The summed E-state index contributed by atoms with van der Waals surface area (Å²) in [5, 5.41) is 0.965. The van der Waals surface area contributed by atoms with Crippen molar-refractivity contribution in [1.29, 1.82) is 0 Å². The smallest absolute Gasteiger partial charge is 0.195 e. The lowest BCUT2D eigenvalue weighted by molar-refractivity contribution is -0.0750. The quantitative estimate of drug-likeness (QED) is 0.338. The van der Waals surface area contributed by atoms with Crippen LogP contribution in [0.3, 0.4) is 0 Å². The van der Waals surface area contributed by atoms with Gasteiger partial charge in [0.1, 0.15) is 5.75 Å². The fraction of sp³-hybridized carbons (Fsp3) is 0.467. The second kappa shape index (κ2) is 11.0. The summed E-state index contributed by atoms with van der Waals surface area (Å²) in [5.74, 6) is 1.51. The highest BCUT2D eigenvalue weighted by molar-refractivity contribution is 6.18. The molecule has 6 heteroatoms. The van der Waals surface area contributed by atoms with Crippen LogP contribution in [0.2, 0.25) is 0 Å². The van der Waals surface area contributed by atoms with Gasteiger partial charge in [0.15, 0.2) is 5.78 Å². The van der Waals surface area contributed by atoms with Crippen LogP contribution in [-0.4, -0.2) is 67.9 Å². The van der Waals surface area contributed by atoms with Crippen molar-refractivity contribution in [3.63, 3.8) is 0 Å². The van der Waals surface area contributed by atoms with Gasteiger partial charge >= 0.3 is 0 Å². The Morgan fingerprint density at radius 2 is 1.94 bits per heavy atom. The minimum Gasteiger partial charge on any atom is -0.493 e. The normalized spacial score (nSPS) is 17.6. The van der Waals surface area contributed by atoms with Crippen molar-refractivity contribution >= 4 is 22.9 Å². The Morgan fingerprint density at radius 3 is 2.61 bits per heavy atom. The second-order valence-electron chi connectivity index (χ2n) is 10.0. The number of rotatable bonds is 9. The molecule has 1 N–H and O–H groups in total. The first-order valence-electron chi connectivity index (χ1n) is 13.3. The molecule has 0 saturated carbocycles. The number of aliphatic imine (C=N–C) groups is 1. The Morgan fingerprint density at radius 1 is 1.14 bits per heavy atom. The molecule has 2 saturated heterocycles. The number of carbonyl (C=O) groups excluding carboxylic acids is 1. The van der Waals surface area contributed by atoms with Crippen molar-refractivity contribution in [2.24, 2.45) is 10.9 Å². The minimum atomic E-state index is 0.0748. The largest absolute Gasteiger partial charge is 0.493 e. The van der Waals surface area contributed by atoms with E-state index in [1.807, 2.05) is 30.5 Å². The number of likely N-dealkylation sites (tertiary alicyclic amines) is 1. The van der Waals surface area contributed by atoms with Crippen LogP contribution in [0.4, 0.5) is 0 Å². The topological polar surface area (TPSA) is 66.9 Å². The first-order chi connectivity index (χ1) is 17.6. The lowest BCUT2D eigenvalue weighted by Crippen LogP contribution is -2.52. The van der Waals surface area contributed by atoms with Crippen LogP contribution in [0.15, 0.2) is 41.4 Å². The van der Waals surface area contributed by atoms with Gasteiger partial charge in [0.25, 0.3) is 0 Å². The Bertz CT molecular complexity index is 1250. The van der Waals surface area contributed by atoms with E-state index < -0.39 is 0 Å². The third kappa shape index (κ3) is 4.97. The Hall–Kier alpha value is -2.96. The molecule has 0 radical (unpaired) electrons. The molecule has 2 aliphatic heterocycles. The number of ether oxygens (including phenoxy) is 2. The van der Waals surface area contributed by atoms with Crippen LogP contribution >= 0.6 is 0 Å². The third-order valence-corrected chi connectivity index (χ3v) is 7.73. The van der Waals surface area contributed by atoms with E-state index in [0.29, 0.717) is 12.0 Å². The zero-order valence-corrected chi connectivity index (χ0v) is 21.7. The lowest BCUT2D eigenvalue weighted by atomic mass is 9.94. The number of aromatic amines is 1. The number of aromatic nitrogens is 1. The molecule has 2 aromatic carbocycles. The van der Waals surface area contributed by atoms with E-state index in [0.717, 1.165) is 90.4 Å². The molecule has 36 heavy (non-hydrogen) atoms. The molecule has 0 spiro atoms. The molecule has 0 aliphatic carbocycles. The van der Waals surface area contributed by atoms with Crippen LogP contribution < -0.4 is 4.74 Å². The molecular formula is C30H37N3O3. The van der Waals surface area contributed by atoms with Crippen LogP contribution in [0.1, 0.15) is 59.4 Å². The fourth-order valence-electron chi connectivity index (χ4n) is 5.47. The molecular weight excluding hydrogens is 450 g/mol. The first kappa shape index (κ1) is 24.7. The first-order valence-corrected chi connectivity index (χ1v) is 13.3. The predicted octanol–water partition coefficient (Wildman–Crippen LogP) is 5.06. The second-order valence-corrected chi connectivity index (χ2v) is 10.0. The summed E-state index contributed by atoms with van der Waals surface area (Å²) in [7, 11) is 1.76. The summed E-state index contributed by atoms with van der Waals surface area (Å²) in [6, 6.07) is 12.7. The van der Waals surface area contributed by atoms with Crippen molar-refractivity contribution in [1.82, 2.24) is 9.88 Å². The average molecular weight is 488 g/mol. The number of hydrogen-bond acceptors (Lipinski definition) is 5. The Balaban J connectivity index is 1.31. The minimum absolute atomic E-state index is 0.0748. The van der Waals surface area contributed by atoms with E-state index in [9.17, 15) is 4.79 Å². The van der Waals surface area contributed by atoms with Gasteiger partial charge in [0.05, 0.1) is 31.4 Å². The molecule has 3 heterocycles. The number of benzene rings is 2. The van der Waals surface area contributed by atoms with Crippen LogP contribution in [-0.2, 0) is 17.6 Å². The molecule has 190 valence electrons. The number of H-pyrrole nitrogens is 1. The van der Waals surface area contributed by atoms with Gasteiger partial charge in [0.2, 0.25) is 0 Å². The standard InChI is InChI=1S/C30H37N3O3/c1-4-22-15-24(36-17-20-10-12-33(13-11-20)23-18-35-19-23)7-9-25(22)30(34)29-26-8-6-21(16-31-3)14-28(26)32-27(29)5-2/h6-9,14-16,20,23,32H,4-5,10-13,17-19H2,1-3H3/b31-16-. The third-order valence-electron chi connectivity index (χ3n) is 7.73. The van der Waals surface area contributed by atoms with Gasteiger partial charge < -0.3 is 14.5 Å². The van der Waals surface area contributed by atoms with E-state index in [-0.39, 0.29) is 5.78 Å². The molecule has 5 rings (SSSR count). The fourth-order valence-corrected chi connectivity index (χ4v) is 5.47. The summed E-state index contributed by atoms with van der Waals surface area (Å²) in [6.45, 7) is 8.95. The molecule has 0 atom stereocenters. The van der Waals surface area contributed by atoms with E-state index in [4.69, 9.17) is 9.47 Å². The summed E-state index contributed by atoms with van der Waals surface area (Å²) < 4.78 is 11.6.